The number of hydrogen-bond donors (Lipinski definition) is 0. The summed E-state index contributed by atoms with van der Waals surface area (Å²) in [6.45, 7) is 1.70. The van der Waals surface area contributed by atoms with Gasteiger partial charge in [0.05, 0.1) is 11.6 Å². The van der Waals surface area contributed by atoms with Gasteiger partial charge in [-0.1, -0.05) is 29.8 Å². The number of aryl methyl sites for hydroxylation is 1. The molecule has 17 heavy (non-hydrogen) atoms. The minimum atomic E-state index is -0.301. The molecule has 2 aromatic carbocycles. The average molecular weight is 246 g/mol. The van der Waals surface area contributed by atoms with Crippen LogP contribution in [0.5, 0.6) is 0 Å². The zero-order valence-corrected chi connectivity index (χ0v) is 9.92. The van der Waals surface area contributed by atoms with Crippen molar-refractivity contribution in [3.8, 4) is 17.2 Å². The molecule has 0 atom stereocenters. The molecule has 0 heterocycles. The zero-order valence-electron chi connectivity index (χ0n) is 9.17. The minimum Gasteiger partial charge on any atom is -0.206 e. The number of halogens is 2. The second kappa shape index (κ2) is 4.57. The van der Waals surface area contributed by atoms with E-state index in [4.69, 9.17) is 16.9 Å². The summed E-state index contributed by atoms with van der Waals surface area (Å²) in [5.41, 5.74) is 1.99. The molecule has 0 bridgehead atoms. The predicted molar refractivity (Wildman–Crippen MR) is 66.3 cm³/mol. The first-order valence-electron chi connectivity index (χ1n) is 5.08. The molecule has 0 aliphatic heterocycles. The Morgan fingerprint density at radius 3 is 2.65 bits per heavy atom. The summed E-state index contributed by atoms with van der Waals surface area (Å²) in [5, 5.41) is 9.28. The Hall–Kier alpha value is -1.85. The summed E-state index contributed by atoms with van der Waals surface area (Å²) in [7, 11) is 0. The van der Waals surface area contributed by atoms with Crippen molar-refractivity contribution in [2.45, 2.75) is 6.92 Å². The number of benzene rings is 2. The van der Waals surface area contributed by atoms with Crippen molar-refractivity contribution in [3.63, 3.8) is 0 Å². The van der Waals surface area contributed by atoms with E-state index in [1.54, 1.807) is 43.3 Å². The fourth-order valence-electron chi connectivity index (χ4n) is 1.66. The van der Waals surface area contributed by atoms with Crippen molar-refractivity contribution < 1.29 is 4.39 Å². The number of rotatable bonds is 1. The molecule has 0 aliphatic rings. The maximum atomic E-state index is 14.0. The maximum Gasteiger partial charge on any atom is 0.133 e. The summed E-state index contributed by atoms with van der Waals surface area (Å²) >= 11 is 6.04. The normalized spacial score (nSPS) is 10.0. The van der Waals surface area contributed by atoms with E-state index in [1.807, 2.05) is 6.07 Å². The van der Waals surface area contributed by atoms with Crippen LogP contribution in [0.4, 0.5) is 4.39 Å². The van der Waals surface area contributed by atoms with Crippen LogP contribution in [0.15, 0.2) is 36.4 Å². The first kappa shape index (κ1) is 11.6. The lowest BCUT2D eigenvalue weighted by Gasteiger charge is -2.08. The third kappa shape index (κ3) is 2.15. The fraction of sp³-hybridized carbons (Fsp3) is 0.0714. The van der Waals surface area contributed by atoms with Gasteiger partial charge >= 0.3 is 0 Å². The lowest BCUT2D eigenvalue weighted by Crippen LogP contribution is -1.89. The number of nitrogens with zero attached hydrogens (tertiary/aromatic N) is 1. The smallest absolute Gasteiger partial charge is 0.133 e. The van der Waals surface area contributed by atoms with Crippen molar-refractivity contribution in [1.29, 1.82) is 5.26 Å². The van der Waals surface area contributed by atoms with Crippen LogP contribution in [-0.2, 0) is 0 Å². The van der Waals surface area contributed by atoms with Crippen molar-refractivity contribution in [2.75, 3.05) is 0 Å². The van der Waals surface area contributed by atoms with E-state index in [0.29, 0.717) is 27.3 Å². The van der Waals surface area contributed by atoms with Crippen molar-refractivity contribution in [1.82, 2.24) is 0 Å². The molecule has 0 fully saturated rings. The molecule has 0 N–H and O–H groups in total. The van der Waals surface area contributed by atoms with Crippen LogP contribution < -0.4 is 0 Å². The van der Waals surface area contributed by atoms with Gasteiger partial charge in [0.1, 0.15) is 5.82 Å². The van der Waals surface area contributed by atoms with Crippen LogP contribution >= 0.6 is 11.6 Å². The summed E-state index contributed by atoms with van der Waals surface area (Å²) in [6.07, 6.45) is 0. The van der Waals surface area contributed by atoms with Crippen LogP contribution in [0.3, 0.4) is 0 Å². The third-order valence-electron chi connectivity index (χ3n) is 2.58. The summed E-state index contributed by atoms with van der Waals surface area (Å²) in [5.74, 6) is -0.301. The Morgan fingerprint density at radius 1 is 1.18 bits per heavy atom. The molecule has 0 spiro atoms. The van der Waals surface area contributed by atoms with Gasteiger partial charge in [-0.2, -0.15) is 5.26 Å². The molecule has 2 rings (SSSR count). The summed E-state index contributed by atoms with van der Waals surface area (Å²) in [6, 6.07) is 12.0. The first-order chi connectivity index (χ1) is 8.13. The third-order valence-corrected chi connectivity index (χ3v) is 2.91. The molecular weight excluding hydrogens is 237 g/mol. The van der Waals surface area contributed by atoms with Crippen molar-refractivity contribution in [2.24, 2.45) is 0 Å². The molecule has 0 aromatic heterocycles. The highest BCUT2D eigenvalue weighted by Crippen LogP contribution is 2.31. The fourth-order valence-corrected chi connectivity index (χ4v) is 1.88. The Labute approximate surface area is 104 Å². The van der Waals surface area contributed by atoms with Gasteiger partial charge < -0.3 is 0 Å². The Balaban J connectivity index is 2.68. The SMILES string of the molecule is Cc1cccc(-c2cc(C#N)ccc2Cl)c1F. The molecule has 0 radical (unpaired) electrons. The lowest BCUT2D eigenvalue weighted by molar-refractivity contribution is 0.622. The molecule has 1 nitrogen and oxygen atoms in total. The molecule has 84 valence electrons. The van der Waals surface area contributed by atoms with Gasteiger partial charge in [0.25, 0.3) is 0 Å². The molecule has 0 amide bonds. The number of hydrogen-bond acceptors (Lipinski definition) is 1. The van der Waals surface area contributed by atoms with Crippen LogP contribution in [0.1, 0.15) is 11.1 Å². The van der Waals surface area contributed by atoms with E-state index in [0.717, 1.165) is 0 Å². The molecule has 0 saturated heterocycles. The summed E-state index contributed by atoms with van der Waals surface area (Å²) in [4.78, 5) is 0. The molecule has 2 aromatic rings. The topological polar surface area (TPSA) is 23.8 Å². The monoisotopic (exact) mass is 245 g/mol. The van der Waals surface area contributed by atoms with E-state index in [-0.39, 0.29) is 5.82 Å². The Bertz CT molecular complexity index is 614. The van der Waals surface area contributed by atoms with Crippen LogP contribution in [0.25, 0.3) is 11.1 Å². The van der Waals surface area contributed by atoms with Gasteiger partial charge in [0.15, 0.2) is 0 Å². The summed E-state index contributed by atoms with van der Waals surface area (Å²) < 4.78 is 14.0. The van der Waals surface area contributed by atoms with Crippen LogP contribution in [0, 0.1) is 24.1 Å². The lowest BCUT2D eigenvalue weighted by atomic mass is 10.0. The van der Waals surface area contributed by atoms with Crippen molar-refractivity contribution >= 4 is 11.6 Å². The standard InChI is InChI=1S/C14H9ClFN/c1-9-3-2-4-11(14(9)16)12-7-10(8-17)5-6-13(12)15/h2-7H,1H3. The van der Waals surface area contributed by atoms with E-state index < -0.39 is 0 Å². The second-order valence-corrected chi connectivity index (χ2v) is 4.15. The zero-order chi connectivity index (χ0) is 12.4. The van der Waals surface area contributed by atoms with Gasteiger partial charge in [-0.15, -0.1) is 0 Å². The van der Waals surface area contributed by atoms with Gasteiger partial charge in [0.2, 0.25) is 0 Å². The first-order valence-corrected chi connectivity index (χ1v) is 5.46. The largest absolute Gasteiger partial charge is 0.206 e. The second-order valence-electron chi connectivity index (χ2n) is 3.74. The molecule has 0 saturated carbocycles. The van der Waals surface area contributed by atoms with Gasteiger partial charge in [-0.05, 0) is 30.7 Å². The highest BCUT2D eigenvalue weighted by Gasteiger charge is 2.11. The highest BCUT2D eigenvalue weighted by atomic mass is 35.5. The average Bonchev–Trinajstić information content (AvgIpc) is 2.34. The quantitative estimate of drug-likeness (QED) is 0.734. The van der Waals surface area contributed by atoms with E-state index in [1.165, 1.54) is 0 Å². The van der Waals surface area contributed by atoms with Crippen molar-refractivity contribution in [3.05, 3.63) is 58.4 Å². The Kier molecular flexibility index (Phi) is 3.12. The predicted octanol–water partition coefficient (Wildman–Crippen LogP) is 4.33. The van der Waals surface area contributed by atoms with Crippen LogP contribution in [-0.4, -0.2) is 0 Å². The van der Waals surface area contributed by atoms with Gasteiger partial charge in [0, 0.05) is 16.1 Å². The van der Waals surface area contributed by atoms with Gasteiger partial charge in [-0.25, -0.2) is 4.39 Å². The Morgan fingerprint density at radius 2 is 1.94 bits per heavy atom. The number of nitriles is 1. The van der Waals surface area contributed by atoms with E-state index in [2.05, 4.69) is 0 Å². The molecule has 0 aliphatic carbocycles. The van der Waals surface area contributed by atoms with E-state index in [9.17, 15) is 4.39 Å². The molecule has 0 unspecified atom stereocenters. The molecule has 3 heteroatoms. The van der Waals surface area contributed by atoms with E-state index >= 15 is 0 Å². The maximum absolute atomic E-state index is 14.0. The van der Waals surface area contributed by atoms with Crippen LogP contribution in [0.2, 0.25) is 5.02 Å². The van der Waals surface area contributed by atoms with Gasteiger partial charge in [-0.3, -0.25) is 0 Å². The highest BCUT2D eigenvalue weighted by molar-refractivity contribution is 6.33. The molecular formula is C14H9ClFN. The minimum absolute atomic E-state index is 0.301.